The second-order valence-corrected chi connectivity index (χ2v) is 10.4. The molecule has 2 atom stereocenters. The van der Waals surface area contributed by atoms with Gasteiger partial charge in [-0.2, -0.15) is 13.2 Å². The third kappa shape index (κ3) is 4.84. The minimum atomic E-state index is -5.03. The number of benzene rings is 2. The van der Waals surface area contributed by atoms with Gasteiger partial charge in [0.15, 0.2) is 0 Å². The van der Waals surface area contributed by atoms with Crippen LogP contribution in [0.25, 0.3) is 5.57 Å². The number of hydrogen-bond donors (Lipinski definition) is 1. The summed E-state index contributed by atoms with van der Waals surface area (Å²) in [5.41, 5.74) is -1.91. The maximum atomic E-state index is 14.8. The van der Waals surface area contributed by atoms with E-state index >= 15 is 0 Å². The van der Waals surface area contributed by atoms with Crippen molar-refractivity contribution in [1.29, 1.82) is 0 Å². The third-order valence-electron chi connectivity index (χ3n) is 8.43. The molecule has 6 nitrogen and oxygen atoms in total. The summed E-state index contributed by atoms with van der Waals surface area (Å²) in [4.78, 5) is 27.4. The van der Waals surface area contributed by atoms with Gasteiger partial charge in [0.25, 0.3) is 11.5 Å². The van der Waals surface area contributed by atoms with Gasteiger partial charge in [0.2, 0.25) is 5.91 Å². The Balaban J connectivity index is 1.44. The average molecular weight is 547 g/mol. The van der Waals surface area contributed by atoms with Crippen molar-refractivity contribution in [3.8, 4) is 0 Å². The lowest BCUT2D eigenvalue weighted by atomic mass is 9.62. The van der Waals surface area contributed by atoms with E-state index in [2.05, 4.69) is 5.32 Å². The number of methoxy groups -OCH3 is 1. The first-order valence-corrected chi connectivity index (χ1v) is 12.9. The number of nitrogens with zero attached hydrogens (tertiary/aromatic N) is 1. The van der Waals surface area contributed by atoms with E-state index in [1.54, 1.807) is 24.3 Å². The van der Waals surface area contributed by atoms with E-state index in [9.17, 15) is 27.2 Å². The molecule has 3 aliphatic rings. The molecular weight excluding hydrogens is 516 g/mol. The lowest BCUT2D eigenvalue weighted by Crippen LogP contribution is -2.60. The van der Waals surface area contributed by atoms with E-state index < -0.39 is 23.1 Å². The van der Waals surface area contributed by atoms with Gasteiger partial charge >= 0.3 is 6.18 Å². The quantitative estimate of drug-likeness (QED) is 0.559. The molecule has 39 heavy (non-hydrogen) atoms. The van der Waals surface area contributed by atoms with Gasteiger partial charge in [-0.3, -0.25) is 9.59 Å². The van der Waals surface area contributed by atoms with Gasteiger partial charge in [0, 0.05) is 44.6 Å². The predicted molar refractivity (Wildman–Crippen MR) is 135 cm³/mol. The number of ether oxygens (including phenoxy) is 2. The molecule has 1 spiro atoms. The highest BCUT2D eigenvalue weighted by Crippen LogP contribution is 2.50. The van der Waals surface area contributed by atoms with Crippen LogP contribution in [-0.4, -0.2) is 62.8 Å². The summed E-state index contributed by atoms with van der Waals surface area (Å²) in [7, 11) is 0.900. The van der Waals surface area contributed by atoms with Crippen molar-refractivity contribution in [2.45, 2.75) is 37.0 Å². The van der Waals surface area contributed by atoms with Crippen LogP contribution in [0.15, 0.2) is 54.6 Å². The van der Waals surface area contributed by atoms with Crippen LogP contribution in [0.3, 0.4) is 0 Å². The van der Waals surface area contributed by atoms with Gasteiger partial charge in [0.05, 0.1) is 13.2 Å². The largest absolute Gasteiger partial charge is 0.430 e. The summed E-state index contributed by atoms with van der Waals surface area (Å²) in [6.45, 7) is 1.06. The van der Waals surface area contributed by atoms with Gasteiger partial charge in [0.1, 0.15) is 5.82 Å². The Labute approximate surface area is 224 Å². The summed E-state index contributed by atoms with van der Waals surface area (Å²) in [5.74, 6) is -1.85. The van der Waals surface area contributed by atoms with Crippen molar-refractivity contribution >= 4 is 17.4 Å². The van der Waals surface area contributed by atoms with Gasteiger partial charge in [-0.1, -0.05) is 36.4 Å². The molecule has 3 aliphatic heterocycles. The molecule has 5 rings (SSSR count). The van der Waals surface area contributed by atoms with E-state index in [1.165, 1.54) is 35.2 Å². The molecule has 0 aromatic heterocycles. The summed E-state index contributed by atoms with van der Waals surface area (Å²) < 4.78 is 68.4. The molecule has 2 fully saturated rings. The summed E-state index contributed by atoms with van der Waals surface area (Å²) in [6, 6.07) is 11.8. The molecule has 2 aromatic carbocycles. The van der Waals surface area contributed by atoms with Crippen molar-refractivity contribution in [2.24, 2.45) is 5.41 Å². The molecule has 10 heteroatoms. The molecule has 208 valence electrons. The first-order chi connectivity index (χ1) is 18.6. The minimum Gasteiger partial charge on any atom is -0.373 e. The molecule has 0 radical (unpaired) electrons. The fraction of sp³-hybridized carbons (Fsp3) is 0.448. The number of carbonyl (C=O) groups excluding carboxylic acids is 2. The average Bonchev–Trinajstić information content (AvgIpc) is 3.45. The van der Waals surface area contributed by atoms with Crippen LogP contribution in [0.2, 0.25) is 0 Å². The molecular formula is C29H30F4N2O4. The maximum Gasteiger partial charge on any atom is 0.430 e. The smallest absolute Gasteiger partial charge is 0.373 e. The number of piperidine rings is 2. The SMILES string of the molecule is CO[C@@](C(=O)N1CCC2(CC1)CC(=O)NC[C@H]2c1ccc(F)cc1)(c1cccc(C2=CCOC2)c1)C(F)(F)F. The van der Waals surface area contributed by atoms with Gasteiger partial charge in [-0.05, 0) is 53.2 Å². The molecule has 3 heterocycles. The molecule has 0 aliphatic carbocycles. The van der Waals surface area contributed by atoms with Crippen LogP contribution in [-0.2, 0) is 24.7 Å². The summed E-state index contributed by atoms with van der Waals surface area (Å²) >= 11 is 0. The second-order valence-electron chi connectivity index (χ2n) is 10.4. The third-order valence-corrected chi connectivity index (χ3v) is 8.43. The summed E-state index contributed by atoms with van der Waals surface area (Å²) in [5, 5.41) is 2.86. The lowest BCUT2D eigenvalue weighted by molar-refractivity contribution is -0.271. The van der Waals surface area contributed by atoms with Crippen LogP contribution in [0.5, 0.6) is 0 Å². The topological polar surface area (TPSA) is 67.9 Å². The van der Waals surface area contributed by atoms with Gasteiger partial charge in [-0.15, -0.1) is 0 Å². The molecule has 0 unspecified atom stereocenters. The number of carbonyl (C=O) groups is 2. The molecule has 2 aromatic rings. The van der Waals surface area contributed by atoms with Crippen LogP contribution < -0.4 is 5.32 Å². The molecule has 0 bridgehead atoms. The van der Waals surface area contributed by atoms with Crippen LogP contribution in [0, 0.1) is 11.2 Å². The zero-order valence-electron chi connectivity index (χ0n) is 21.5. The van der Waals surface area contributed by atoms with E-state index in [4.69, 9.17) is 9.47 Å². The molecule has 2 saturated heterocycles. The highest BCUT2D eigenvalue weighted by atomic mass is 19.4. The van der Waals surface area contributed by atoms with Gasteiger partial charge in [-0.25, -0.2) is 4.39 Å². The Morgan fingerprint density at radius 3 is 2.46 bits per heavy atom. The number of alkyl halides is 3. The van der Waals surface area contributed by atoms with Crippen molar-refractivity contribution in [2.75, 3.05) is 40.0 Å². The molecule has 1 N–H and O–H groups in total. The number of amides is 2. The Hall–Kier alpha value is -3.24. The van der Waals surface area contributed by atoms with E-state index in [1.807, 2.05) is 0 Å². The maximum absolute atomic E-state index is 14.8. The van der Waals surface area contributed by atoms with Crippen LogP contribution in [0.4, 0.5) is 17.6 Å². The van der Waals surface area contributed by atoms with Crippen molar-refractivity contribution in [3.05, 3.63) is 77.1 Å². The number of halogens is 4. The number of hydrogen-bond acceptors (Lipinski definition) is 4. The fourth-order valence-corrected chi connectivity index (χ4v) is 6.26. The van der Waals surface area contributed by atoms with Crippen LogP contribution in [0.1, 0.15) is 41.9 Å². The predicted octanol–water partition coefficient (Wildman–Crippen LogP) is 4.56. The van der Waals surface area contributed by atoms with E-state index in [0.717, 1.165) is 18.2 Å². The zero-order valence-corrected chi connectivity index (χ0v) is 21.5. The number of likely N-dealkylation sites (tertiary alicyclic amines) is 1. The van der Waals surface area contributed by atoms with Crippen molar-refractivity contribution < 1.29 is 36.6 Å². The Bertz CT molecular complexity index is 1270. The monoisotopic (exact) mass is 546 g/mol. The Morgan fingerprint density at radius 2 is 1.85 bits per heavy atom. The molecule has 0 saturated carbocycles. The normalized spacial score (nSPS) is 22.8. The van der Waals surface area contributed by atoms with Crippen molar-refractivity contribution in [1.82, 2.24) is 10.2 Å². The van der Waals surface area contributed by atoms with Crippen molar-refractivity contribution in [3.63, 3.8) is 0 Å². The number of nitrogens with one attached hydrogen (secondary N) is 1. The first-order valence-electron chi connectivity index (χ1n) is 12.9. The second kappa shape index (κ2) is 10.4. The summed E-state index contributed by atoms with van der Waals surface area (Å²) in [6.07, 6.45) is -2.39. The highest BCUT2D eigenvalue weighted by molar-refractivity contribution is 5.88. The first kappa shape index (κ1) is 27.3. The highest BCUT2D eigenvalue weighted by Gasteiger charge is 2.64. The zero-order chi connectivity index (χ0) is 27.8. The molecule has 2 amide bonds. The van der Waals surface area contributed by atoms with E-state index in [0.29, 0.717) is 31.6 Å². The standard InChI is InChI=1S/C29H30F4N2O4/c1-38-28(29(31,32)33,22-4-2-3-20(15-22)21-9-14-39-18-21)26(37)35-12-10-27(11-13-35)16-25(36)34-17-24(27)19-5-7-23(30)8-6-19/h2-9,15,24H,10-14,16-18H2,1H3,(H,34,36)/t24-,28+/m0/s1. The Kier molecular flexibility index (Phi) is 7.28. The van der Waals surface area contributed by atoms with Gasteiger partial charge < -0.3 is 19.7 Å². The Morgan fingerprint density at radius 1 is 1.13 bits per heavy atom. The minimum absolute atomic E-state index is 0.0314. The number of rotatable bonds is 5. The lowest BCUT2D eigenvalue weighted by Gasteiger charge is -2.50. The fourth-order valence-electron chi connectivity index (χ4n) is 6.26. The van der Waals surface area contributed by atoms with Crippen LogP contribution >= 0.6 is 0 Å². The van der Waals surface area contributed by atoms with E-state index in [-0.39, 0.29) is 49.3 Å².